The third-order valence-corrected chi connectivity index (χ3v) is 12.4. The van der Waals surface area contributed by atoms with E-state index in [4.69, 9.17) is 8.85 Å². The summed E-state index contributed by atoms with van der Waals surface area (Å²) in [6.07, 6.45) is 22.9. The fourth-order valence-corrected chi connectivity index (χ4v) is 10.7. The van der Waals surface area contributed by atoms with Gasteiger partial charge in [0.1, 0.15) is 0 Å². The fraction of sp³-hybridized carbons (Fsp3) is 0.750. The molecule has 0 N–H and O–H groups in total. The minimum Gasteiger partial charge on any atom is -0.394 e. The van der Waals surface area contributed by atoms with Crippen LogP contribution in [0.3, 0.4) is 0 Å². The van der Waals surface area contributed by atoms with Crippen LogP contribution in [-0.4, -0.2) is 21.8 Å². The van der Waals surface area contributed by atoms with Crippen molar-refractivity contribution >= 4 is 8.56 Å². The van der Waals surface area contributed by atoms with E-state index in [1.807, 2.05) is 0 Å². The van der Waals surface area contributed by atoms with E-state index in [2.05, 4.69) is 43.0 Å². The molecule has 6 aliphatic carbocycles. The van der Waals surface area contributed by atoms with Gasteiger partial charge in [0.2, 0.25) is 0 Å². The Hall–Kier alpha value is -0.643. The van der Waals surface area contributed by atoms with Crippen molar-refractivity contribution in [3.63, 3.8) is 0 Å². The third-order valence-electron chi connectivity index (χ3n) is 8.95. The van der Waals surface area contributed by atoms with E-state index >= 15 is 0 Å². The first kappa shape index (κ1) is 17.2. The molecule has 2 nitrogen and oxygen atoms in total. The monoisotopic (exact) mass is 382 g/mol. The molecule has 27 heavy (non-hydrogen) atoms. The molecule has 6 bridgehead atoms. The molecule has 0 spiro atoms. The van der Waals surface area contributed by atoms with Gasteiger partial charge in [-0.25, -0.2) is 0 Å². The number of hydrogen-bond donors (Lipinski definition) is 0. The van der Waals surface area contributed by atoms with Crippen molar-refractivity contribution in [2.45, 2.75) is 50.6 Å². The van der Waals surface area contributed by atoms with Crippen LogP contribution >= 0.6 is 0 Å². The predicted octanol–water partition coefficient (Wildman–Crippen LogP) is 5.48. The van der Waals surface area contributed by atoms with Gasteiger partial charge in [0.25, 0.3) is 0 Å². The summed E-state index contributed by atoms with van der Waals surface area (Å²) in [5.41, 5.74) is 0.677. The lowest BCUT2D eigenvalue weighted by molar-refractivity contribution is 0.109. The molecular weight excluding hydrogens is 348 g/mol. The summed E-state index contributed by atoms with van der Waals surface area (Å²) >= 11 is 0. The van der Waals surface area contributed by atoms with Crippen LogP contribution in [0.2, 0.25) is 12.1 Å². The summed E-state index contributed by atoms with van der Waals surface area (Å²) in [5, 5.41) is 0. The second-order valence-corrected chi connectivity index (χ2v) is 14.0. The van der Waals surface area contributed by atoms with Crippen LogP contribution in [0.1, 0.15) is 38.5 Å². The number of rotatable bonds is 7. The van der Waals surface area contributed by atoms with Crippen molar-refractivity contribution in [1.82, 2.24) is 0 Å². The molecule has 9 atom stereocenters. The summed E-state index contributed by atoms with van der Waals surface area (Å²) in [5.74, 6) is 6.26. The highest BCUT2D eigenvalue weighted by Gasteiger charge is 2.52. The molecule has 0 heterocycles. The van der Waals surface area contributed by atoms with E-state index in [-0.39, 0.29) is 0 Å². The molecule has 6 aliphatic rings. The quantitative estimate of drug-likeness (QED) is 0.429. The molecule has 0 aromatic heterocycles. The Bertz CT molecular complexity index is 644. The van der Waals surface area contributed by atoms with Gasteiger partial charge < -0.3 is 8.85 Å². The minimum absolute atomic E-state index is 0.677. The summed E-state index contributed by atoms with van der Waals surface area (Å²) in [7, 11) is -2.16. The molecule has 3 heteroatoms. The van der Waals surface area contributed by atoms with Gasteiger partial charge in [-0.2, -0.15) is 0 Å². The highest BCUT2D eigenvalue weighted by Crippen LogP contribution is 2.53. The van der Waals surface area contributed by atoms with Gasteiger partial charge in [-0.3, -0.25) is 0 Å². The normalized spacial score (nSPS) is 50.3. The van der Waals surface area contributed by atoms with E-state index in [0.29, 0.717) is 5.54 Å². The molecule has 6 rings (SSSR count). The Morgan fingerprint density at radius 2 is 1.11 bits per heavy atom. The highest BCUT2D eigenvalue weighted by atomic mass is 28.4. The van der Waals surface area contributed by atoms with E-state index in [1.165, 1.54) is 38.5 Å². The standard InChI is InChI=1S/C24H34O2Si/c1-27(24-13-18-4-7-21(24)10-18,25-14-22-11-16-2-5-19(22)8-16)26-15-23-12-17-3-6-20(23)9-17/h2-7,16-24H,8-15H2,1H3. The largest absolute Gasteiger partial charge is 0.394 e. The molecule has 0 aromatic rings. The van der Waals surface area contributed by atoms with Crippen molar-refractivity contribution in [2.24, 2.45) is 47.3 Å². The van der Waals surface area contributed by atoms with Crippen LogP contribution in [0, 0.1) is 47.3 Å². The topological polar surface area (TPSA) is 18.5 Å². The summed E-state index contributed by atoms with van der Waals surface area (Å²) in [4.78, 5) is 0. The van der Waals surface area contributed by atoms with Crippen LogP contribution in [0.15, 0.2) is 36.5 Å². The molecule has 3 saturated carbocycles. The lowest BCUT2D eigenvalue weighted by Crippen LogP contribution is -2.47. The summed E-state index contributed by atoms with van der Waals surface area (Å²) in [6.45, 7) is 4.31. The first-order valence-corrected chi connectivity index (χ1v) is 13.9. The van der Waals surface area contributed by atoms with Crippen LogP contribution in [0.4, 0.5) is 0 Å². The Balaban J connectivity index is 1.14. The maximum absolute atomic E-state index is 6.87. The highest BCUT2D eigenvalue weighted by molar-refractivity contribution is 6.67. The zero-order valence-electron chi connectivity index (χ0n) is 16.6. The van der Waals surface area contributed by atoms with Gasteiger partial charge in [0.05, 0.1) is 0 Å². The van der Waals surface area contributed by atoms with Crippen LogP contribution < -0.4 is 0 Å². The third kappa shape index (κ3) is 2.96. The first-order chi connectivity index (χ1) is 13.2. The average molecular weight is 383 g/mol. The van der Waals surface area contributed by atoms with E-state index in [9.17, 15) is 0 Å². The molecule has 146 valence electrons. The van der Waals surface area contributed by atoms with Crippen LogP contribution in [-0.2, 0) is 8.85 Å². The van der Waals surface area contributed by atoms with Gasteiger partial charge in [-0.05, 0) is 92.4 Å². The minimum atomic E-state index is -2.16. The van der Waals surface area contributed by atoms with Crippen molar-refractivity contribution in [2.75, 3.05) is 13.2 Å². The summed E-state index contributed by atoms with van der Waals surface area (Å²) in [6, 6.07) is 0. The van der Waals surface area contributed by atoms with Gasteiger partial charge in [0.15, 0.2) is 0 Å². The second-order valence-electron chi connectivity index (χ2n) is 10.6. The average Bonchev–Trinajstić information content (AvgIpc) is 3.51. The number of hydrogen-bond acceptors (Lipinski definition) is 2. The van der Waals surface area contributed by atoms with E-state index in [0.717, 1.165) is 60.6 Å². The van der Waals surface area contributed by atoms with E-state index in [1.54, 1.807) is 0 Å². The van der Waals surface area contributed by atoms with Crippen molar-refractivity contribution < 1.29 is 8.85 Å². The Kier molecular flexibility index (Phi) is 4.11. The molecule has 0 amide bonds. The molecule has 3 fully saturated rings. The Morgan fingerprint density at radius 3 is 1.48 bits per heavy atom. The lowest BCUT2D eigenvalue weighted by Gasteiger charge is -2.38. The van der Waals surface area contributed by atoms with Crippen molar-refractivity contribution in [3.05, 3.63) is 36.5 Å². The maximum atomic E-state index is 6.87. The lowest BCUT2D eigenvalue weighted by atomic mass is 9.95. The Morgan fingerprint density at radius 1 is 0.630 bits per heavy atom. The second kappa shape index (κ2) is 6.43. The molecule has 9 unspecified atom stereocenters. The SMILES string of the molecule is C[Si](OCC1CC2C=CC1C2)(OCC1CC2C=CC1C2)C1CC2C=CC1C2. The van der Waals surface area contributed by atoms with Crippen molar-refractivity contribution in [1.29, 1.82) is 0 Å². The zero-order chi connectivity index (χ0) is 18.0. The summed E-state index contributed by atoms with van der Waals surface area (Å²) < 4.78 is 13.7. The van der Waals surface area contributed by atoms with E-state index < -0.39 is 8.56 Å². The predicted molar refractivity (Wildman–Crippen MR) is 110 cm³/mol. The van der Waals surface area contributed by atoms with Gasteiger partial charge in [-0.1, -0.05) is 36.5 Å². The van der Waals surface area contributed by atoms with Crippen molar-refractivity contribution in [3.8, 4) is 0 Å². The fourth-order valence-electron chi connectivity index (χ4n) is 7.36. The number of fused-ring (bicyclic) bond motifs is 6. The molecular formula is C24H34O2Si. The smallest absolute Gasteiger partial charge is 0.338 e. The van der Waals surface area contributed by atoms with Gasteiger partial charge in [0, 0.05) is 18.8 Å². The maximum Gasteiger partial charge on any atom is 0.338 e. The van der Waals surface area contributed by atoms with Crippen LogP contribution in [0.25, 0.3) is 0 Å². The van der Waals surface area contributed by atoms with Crippen LogP contribution in [0.5, 0.6) is 0 Å². The zero-order valence-corrected chi connectivity index (χ0v) is 17.6. The van der Waals surface area contributed by atoms with Gasteiger partial charge in [-0.15, -0.1) is 0 Å². The molecule has 0 aliphatic heterocycles. The Labute approximate surface area is 165 Å². The molecule has 0 radical (unpaired) electrons. The van der Waals surface area contributed by atoms with Gasteiger partial charge >= 0.3 is 8.56 Å². The first-order valence-electron chi connectivity index (χ1n) is 11.5. The molecule has 0 aromatic carbocycles. The molecule has 0 saturated heterocycles. The number of allylic oxidation sites excluding steroid dienone is 6.